The summed E-state index contributed by atoms with van der Waals surface area (Å²) in [7, 11) is 3.45. The van der Waals surface area contributed by atoms with Crippen molar-refractivity contribution < 1.29 is 9.47 Å². The first-order chi connectivity index (χ1) is 15.0. The van der Waals surface area contributed by atoms with Crippen molar-refractivity contribution in [1.82, 2.24) is 20.5 Å². The molecule has 172 valence electrons. The lowest BCUT2D eigenvalue weighted by Crippen LogP contribution is -2.37. The molecule has 0 aliphatic heterocycles. The molecule has 0 radical (unpaired) electrons. The molecule has 7 nitrogen and oxygen atoms in total. The van der Waals surface area contributed by atoms with Crippen LogP contribution in [0.5, 0.6) is 11.5 Å². The van der Waals surface area contributed by atoms with Gasteiger partial charge in [-0.05, 0) is 44.6 Å². The molecule has 0 bridgehead atoms. The Bertz CT molecular complexity index is 814. The molecule has 1 aromatic carbocycles. The molecule has 8 heteroatoms. The van der Waals surface area contributed by atoms with Crippen LogP contribution in [0.4, 0.5) is 0 Å². The lowest BCUT2D eigenvalue weighted by atomic mass is 10.2. The predicted octanol–water partition coefficient (Wildman–Crippen LogP) is 3.40. The zero-order valence-electron chi connectivity index (χ0n) is 19.7. The molecule has 0 saturated carbocycles. The summed E-state index contributed by atoms with van der Waals surface area (Å²) in [5.41, 5.74) is 2.22. The Morgan fingerprint density at radius 1 is 1.16 bits per heavy atom. The van der Waals surface area contributed by atoms with Gasteiger partial charge in [-0.25, -0.2) is 4.98 Å². The number of nitrogens with one attached hydrogen (secondary N) is 2. The van der Waals surface area contributed by atoms with E-state index < -0.39 is 0 Å². The SMILES string of the molecule is CCN(CC)CCOc1ccc(CNC(=NC)NCCc2nc(C)c(C)s2)cc1OC. The van der Waals surface area contributed by atoms with Crippen LogP contribution in [0.15, 0.2) is 23.2 Å². The molecule has 0 aliphatic rings. The van der Waals surface area contributed by atoms with E-state index in [1.165, 1.54) is 4.88 Å². The number of guanidine groups is 1. The van der Waals surface area contributed by atoms with Crippen molar-refractivity contribution in [3.05, 3.63) is 39.3 Å². The third-order valence-electron chi connectivity index (χ3n) is 5.18. The van der Waals surface area contributed by atoms with E-state index in [-0.39, 0.29) is 0 Å². The summed E-state index contributed by atoms with van der Waals surface area (Å²) < 4.78 is 11.5. The Morgan fingerprint density at radius 2 is 1.94 bits per heavy atom. The molecule has 2 rings (SSSR count). The van der Waals surface area contributed by atoms with Gasteiger partial charge in [0.1, 0.15) is 6.61 Å². The number of rotatable bonds is 12. The molecule has 0 amide bonds. The Labute approximate surface area is 190 Å². The number of ether oxygens (including phenoxy) is 2. The number of nitrogens with zero attached hydrogens (tertiary/aromatic N) is 3. The minimum atomic E-state index is 0.643. The van der Waals surface area contributed by atoms with Gasteiger partial charge < -0.3 is 25.0 Å². The van der Waals surface area contributed by atoms with Gasteiger partial charge >= 0.3 is 0 Å². The Morgan fingerprint density at radius 3 is 2.55 bits per heavy atom. The molecular formula is C23H37N5O2S. The molecule has 31 heavy (non-hydrogen) atoms. The standard InChI is InChI=1S/C23H37N5O2S/c1-7-28(8-2)13-14-30-20-10-9-19(15-21(20)29-6)16-26-23(24-5)25-12-11-22-27-17(3)18(4)31-22/h9-10,15H,7-8,11-14,16H2,1-6H3,(H2,24,25,26). The fourth-order valence-corrected chi connectivity index (χ4v) is 4.04. The first-order valence-corrected chi connectivity index (χ1v) is 11.7. The number of hydrogen-bond acceptors (Lipinski definition) is 6. The Kier molecular flexibility index (Phi) is 10.6. The van der Waals surface area contributed by atoms with Crippen LogP contribution in [-0.2, 0) is 13.0 Å². The summed E-state index contributed by atoms with van der Waals surface area (Å²) in [6, 6.07) is 6.03. The molecular weight excluding hydrogens is 410 g/mol. The summed E-state index contributed by atoms with van der Waals surface area (Å²) in [4.78, 5) is 12.5. The van der Waals surface area contributed by atoms with Crippen LogP contribution in [0.2, 0.25) is 0 Å². The maximum absolute atomic E-state index is 5.94. The molecule has 1 heterocycles. The Balaban J connectivity index is 1.82. The van der Waals surface area contributed by atoms with Crippen LogP contribution in [0.25, 0.3) is 0 Å². The topological polar surface area (TPSA) is 71.0 Å². The quantitative estimate of drug-likeness (QED) is 0.384. The zero-order chi connectivity index (χ0) is 22.6. The number of aliphatic imine (C=N–C) groups is 1. The second-order valence-corrected chi connectivity index (χ2v) is 8.50. The third-order valence-corrected chi connectivity index (χ3v) is 6.31. The van der Waals surface area contributed by atoms with Crippen LogP contribution in [0, 0.1) is 13.8 Å². The smallest absolute Gasteiger partial charge is 0.191 e. The molecule has 2 N–H and O–H groups in total. The van der Waals surface area contributed by atoms with Gasteiger partial charge in [-0.15, -0.1) is 11.3 Å². The van der Waals surface area contributed by atoms with Gasteiger partial charge in [-0.1, -0.05) is 19.9 Å². The van der Waals surface area contributed by atoms with Gasteiger partial charge in [0.05, 0.1) is 17.8 Å². The van der Waals surface area contributed by atoms with Crippen molar-refractivity contribution in [2.45, 2.75) is 40.7 Å². The van der Waals surface area contributed by atoms with Crippen molar-refractivity contribution in [2.24, 2.45) is 4.99 Å². The second-order valence-electron chi connectivity index (χ2n) is 7.21. The lowest BCUT2D eigenvalue weighted by molar-refractivity contribution is 0.217. The summed E-state index contributed by atoms with van der Waals surface area (Å²) >= 11 is 1.76. The number of benzene rings is 1. The van der Waals surface area contributed by atoms with E-state index in [1.807, 2.05) is 12.1 Å². The van der Waals surface area contributed by atoms with E-state index in [0.29, 0.717) is 13.2 Å². The number of aromatic nitrogens is 1. The third kappa shape index (κ3) is 8.03. The van der Waals surface area contributed by atoms with E-state index in [1.54, 1.807) is 25.5 Å². The summed E-state index contributed by atoms with van der Waals surface area (Å²) in [5, 5.41) is 7.85. The molecule has 2 aromatic rings. The highest BCUT2D eigenvalue weighted by molar-refractivity contribution is 7.11. The maximum Gasteiger partial charge on any atom is 0.191 e. The van der Waals surface area contributed by atoms with E-state index >= 15 is 0 Å². The minimum absolute atomic E-state index is 0.643. The van der Waals surface area contributed by atoms with E-state index in [4.69, 9.17) is 9.47 Å². The summed E-state index contributed by atoms with van der Waals surface area (Å²) in [6.45, 7) is 13.5. The van der Waals surface area contributed by atoms with Gasteiger partial charge in [-0.3, -0.25) is 4.99 Å². The normalized spacial score (nSPS) is 11.6. The van der Waals surface area contributed by atoms with E-state index in [2.05, 4.69) is 59.3 Å². The highest BCUT2D eigenvalue weighted by Gasteiger charge is 2.08. The van der Waals surface area contributed by atoms with Crippen molar-refractivity contribution >= 4 is 17.3 Å². The lowest BCUT2D eigenvalue weighted by Gasteiger charge is -2.19. The summed E-state index contributed by atoms with van der Waals surface area (Å²) in [5.74, 6) is 2.29. The highest BCUT2D eigenvalue weighted by atomic mass is 32.1. The molecule has 0 fully saturated rings. The van der Waals surface area contributed by atoms with Gasteiger partial charge in [0.2, 0.25) is 0 Å². The van der Waals surface area contributed by atoms with Crippen LogP contribution >= 0.6 is 11.3 Å². The number of hydrogen-bond donors (Lipinski definition) is 2. The average Bonchev–Trinajstić information content (AvgIpc) is 3.11. The molecule has 0 spiro atoms. The van der Waals surface area contributed by atoms with Crippen LogP contribution in [0.3, 0.4) is 0 Å². The van der Waals surface area contributed by atoms with Crippen molar-refractivity contribution in [2.75, 3.05) is 46.9 Å². The molecule has 0 unspecified atom stereocenters. The maximum atomic E-state index is 5.94. The van der Waals surface area contributed by atoms with Gasteiger partial charge in [0.25, 0.3) is 0 Å². The van der Waals surface area contributed by atoms with Crippen molar-refractivity contribution in [3.8, 4) is 11.5 Å². The largest absolute Gasteiger partial charge is 0.493 e. The van der Waals surface area contributed by atoms with Crippen LogP contribution in [0.1, 0.15) is 35.0 Å². The van der Waals surface area contributed by atoms with Crippen LogP contribution in [-0.4, -0.2) is 62.8 Å². The molecule has 1 aromatic heterocycles. The van der Waals surface area contributed by atoms with Gasteiger partial charge in [0, 0.05) is 38.0 Å². The zero-order valence-corrected chi connectivity index (χ0v) is 20.6. The Hall–Kier alpha value is -2.32. The predicted molar refractivity (Wildman–Crippen MR) is 130 cm³/mol. The highest BCUT2D eigenvalue weighted by Crippen LogP contribution is 2.28. The molecule has 0 aliphatic carbocycles. The monoisotopic (exact) mass is 447 g/mol. The first-order valence-electron chi connectivity index (χ1n) is 10.9. The second kappa shape index (κ2) is 13.2. The van der Waals surface area contributed by atoms with Crippen molar-refractivity contribution in [3.63, 3.8) is 0 Å². The first kappa shape index (κ1) is 24.9. The number of likely N-dealkylation sites (N-methyl/N-ethyl adjacent to an activating group) is 1. The summed E-state index contributed by atoms with van der Waals surface area (Å²) in [6.07, 6.45) is 0.882. The van der Waals surface area contributed by atoms with Gasteiger partial charge in [-0.2, -0.15) is 0 Å². The number of thiazole rings is 1. The number of aryl methyl sites for hydroxylation is 2. The fourth-order valence-electron chi connectivity index (χ4n) is 3.11. The minimum Gasteiger partial charge on any atom is -0.493 e. The van der Waals surface area contributed by atoms with Crippen molar-refractivity contribution in [1.29, 1.82) is 0 Å². The molecule has 0 atom stereocenters. The molecule has 0 saturated heterocycles. The van der Waals surface area contributed by atoms with E-state index in [0.717, 1.165) is 66.3 Å². The average molecular weight is 448 g/mol. The fraction of sp³-hybridized carbons (Fsp3) is 0.565. The van der Waals surface area contributed by atoms with Gasteiger partial charge in [0.15, 0.2) is 17.5 Å². The number of methoxy groups -OCH3 is 1. The van der Waals surface area contributed by atoms with E-state index in [9.17, 15) is 0 Å². The van der Waals surface area contributed by atoms with Crippen LogP contribution < -0.4 is 20.1 Å².